The number of hydrogen-bond donors (Lipinski definition) is 2. The van der Waals surface area contributed by atoms with Crippen molar-refractivity contribution in [1.82, 2.24) is 10.6 Å². The van der Waals surface area contributed by atoms with Crippen molar-refractivity contribution in [3.63, 3.8) is 0 Å². The second-order valence-corrected chi connectivity index (χ2v) is 7.08. The second kappa shape index (κ2) is 7.65. The number of carbonyl (C=O) groups is 1. The molecule has 4 nitrogen and oxygen atoms in total. The zero-order valence-electron chi connectivity index (χ0n) is 13.4. The van der Waals surface area contributed by atoms with E-state index in [1.165, 1.54) is 24.8 Å². The molecule has 1 amide bonds. The van der Waals surface area contributed by atoms with Crippen LogP contribution >= 0.6 is 11.6 Å². The molecule has 5 heteroatoms. The van der Waals surface area contributed by atoms with Gasteiger partial charge in [-0.2, -0.15) is 0 Å². The molecule has 0 spiro atoms. The molecule has 2 N–H and O–H groups in total. The Labute approximate surface area is 142 Å². The van der Waals surface area contributed by atoms with Gasteiger partial charge in [-0.15, -0.1) is 0 Å². The molecule has 23 heavy (non-hydrogen) atoms. The van der Waals surface area contributed by atoms with Crippen molar-refractivity contribution in [3.05, 3.63) is 34.9 Å². The first-order valence-electron chi connectivity index (χ1n) is 8.55. The fourth-order valence-corrected chi connectivity index (χ4v) is 3.84. The third-order valence-corrected chi connectivity index (χ3v) is 5.36. The lowest BCUT2D eigenvalue weighted by Crippen LogP contribution is -2.53. The summed E-state index contributed by atoms with van der Waals surface area (Å²) in [6, 6.07) is 7.90. The largest absolute Gasteiger partial charge is 0.378 e. The highest BCUT2D eigenvalue weighted by molar-refractivity contribution is 6.30. The number of morpholine rings is 1. The number of hydrogen-bond acceptors (Lipinski definition) is 3. The van der Waals surface area contributed by atoms with Crippen LogP contribution in [0.2, 0.25) is 5.02 Å². The fraction of sp³-hybridized carbons (Fsp3) is 0.611. The third kappa shape index (κ3) is 4.06. The first kappa shape index (κ1) is 16.7. The van der Waals surface area contributed by atoms with Gasteiger partial charge in [-0.3, -0.25) is 4.79 Å². The van der Waals surface area contributed by atoms with Crippen molar-refractivity contribution in [1.29, 1.82) is 0 Å². The molecule has 0 bridgehead atoms. The highest BCUT2D eigenvalue weighted by atomic mass is 35.5. The van der Waals surface area contributed by atoms with Crippen LogP contribution in [-0.4, -0.2) is 38.3 Å². The van der Waals surface area contributed by atoms with Gasteiger partial charge in [0.2, 0.25) is 5.91 Å². The minimum atomic E-state index is -0.227. The van der Waals surface area contributed by atoms with Gasteiger partial charge in [0.15, 0.2) is 0 Å². The number of halogens is 1. The summed E-state index contributed by atoms with van der Waals surface area (Å²) in [6.45, 7) is 2.56. The highest BCUT2D eigenvalue weighted by Crippen LogP contribution is 2.39. The number of amides is 1. The molecule has 1 aliphatic heterocycles. The smallest absolute Gasteiger partial charge is 0.239 e. The van der Waals surface area contributed by atoms with E-state index in [-0.39, 0.29) is 17.4 Å². The van der Waals surface area contributed by atoms with Crippen LogP contribution in [0.3, 0.4) is 0 Å². The van der Waals surface area contributed by atoms with Crippen molar-refractivity contribution in [3.8, 4) is 0 Å². The molecule has 1 aromatic rings. The van der Waals surface area contributed by atoms with Crippen LogP contribution in [0.5, 0.6) is 0 Å². The Morgan fingerprint density at radius 1 is 1.26 bits per heavy atom. The van der Waals surface area contributed by atoms with Crippen molar-refractivity contribution in [2.45, 2.75) is 43.6 Å². The van der Waals surface area contributed by atoms with Crippen molar-refractivity contribution < 1.29 is 9.53 Å². The second-order valence-electron chi connectivity index (χ2n) is 6.65. The molecular weight excluding hydrogens is 312 g/mol. The topological polar surface area (TPSA) is 50.4 Å². The molecule has 2 fully saturated rings. The molecule has 1 saturated carbocycles. The summed E-state index contributed by atoms with van der Waals surface area (Å²) in [6.07, 6.45) is 5.93. The fourth-order valence-electron chi connectivity index (χ4n) is 3.71. The van der Waals surface area contributed by atoms with Crippen LogP contribution in [0.4, 0.5) is 0 Å². The normalized spacial score (nSPS) is 24.1. The lowest BCUT2D eigenvalue weighted by Gasteiger charge is -2.38. The van der Waals surface area contributed by atoms with E-state index in [1.54, 1.807) is 0 Å². The van der Waals surface area contributed by atoms with Gasteiger partial charge in [0.05, 0.1) is 13.2 Å². The zero-order valence-corrected chi connectivity index (χ0v) is 14.2. The Morgan fingerprint density at radius 3 is 2.65 bits per heavy atom. The molecule has 0 aromatic heterocycles. The third-order valence-electron chi connectivity index (χ3n) is 5.11. The SMILES string of the molecule is O=C(NCC1(c2ccc(Cl)cc2)CCCCC1)C1COCCN1. The van der Waals surface area contributed by atoms with E-state index in [2.05, 4.69) is 22.8 Å². The first-order chi connectivity index (χ1) is 11.2. The van der Waals surface area contributed by atoms with Gasteiger partial charge in [0.1, 0.15) is 6.04 Å². The average Bonchev–Trinajstić information content (AvgIpc) is 2.62. The molecule has 1 heterocycles. The van der Waals surface area contributed by atoms with Crippen LogP contribution in [0, 0.1) is 0 Å². The molecule has 1 unspecified atom stereocenters. The van der Waals surface area contributed by atoms with E-state index in [1.807, 2.05) is 12.1 Å². The zero-order chi connectivity index (χ0) is 16.1. The Morgan fingerprint density at radius 2 is 2.00 bits per heavy atom. The number of nitrogens with one attached hydrogen (secondary N) is 2. The summed E-state index contributed by atoms with van der Waals surface area (Å²) in [4.78, 5) is 12.4. The summed E-state index contributed by atoms with van der Waals surface area (Å²) in [5.74, 6) is 0.0450. The molecular formula is C18H25ClN2O2. The van der Waals surface area contributed by atoms with Gasteiger partial charge in [0.25, 0.3) is 0 Å². The van der Waals surface area contributed by atoms with Gasteiger partial charge in [-0.1, -0.05) is 43.0 Å². The van der Waals surface area contributed by atoms with Crippen LogP contribution in [0.15, 0.2) is 24.3 Å². The quantitative estimate of drug-likeness (QED) is 0.888. The van der Waals surface area contributed by atoms with Crippen LogP contribution < -0.4 is 10.6 Å². The lowest BCUT2D eigenvalue weighted by atomic mass is 9.69. The van der Waals surface area contributed by atoms with E-state index < -0.39 is 0 Å². The summed E-state index contributed by atoms with van der Waals surface area (Å²) in [5, 5.41) is 7.13. The predicted octanol–water partition coefficient (Wildman–Crippen LogP) is 2.65. The number of rotatable bonds is 4. The lowest BCUT2D eigenvalue weighted by molar-refractivity contribution is -0.126. The Bertz CT molecular complexity index is 520. The summed E-state index contributed by atoms with van der Waals surface area (Å²) in [5.41, 5.74) is 1.32. The van der Waals surface area contributed by atoms with Crippen LogP contribution in [0.1, 0.15) is 37.7 Å². The molecule has 1 aromatic carbocycles. The van der Waals surface area contributed by atoms with E-state index in [0.717, 1.165) is 24.4 Å². The van der Waals surface area contributed by atoms with Crippen LogP contribution in [0.25, 0.3) is 0 Å². The first-order valence-corrected chi connectivity index (χ1v) is 8.92. The standard InChI is InChI=1S/C18H25ClN2O2/c19-15-6-4-14(5-7-15)18(8-2-1-3-9-18)13-21-17(22)16-12-23-11-10-20-16/h4-7,16,20H,1-3,8-13H2,(H,21,22). The molecule has 3 rings (SSSR count). The maximum Gasteiger partial charge on any atom is 0.239 e. The van der Waals surface area contributed by atoms with Crippen molar-refractivity contribution >= 4 is 17.5 Å². The molecule has 2 aliphatic rings. The van der Waals surface area contributed by atoms with Gasteiger partial charge >= 0.3 is 0 Å². The van der Waals surface area contributed by atoms with E-state index in [9.17, 15) is 4.79 Å². The molecule has 1 saturated heterocycles. The van der Waals surface area contributed by atoms with E-state index in [4.69, 9.17) is 16.3 Å². The average molecular weight is 337 g/mol. The van der Waals surface area contributed by atoms with Crippen LogP contribution in [-0.2, 0) is 14.9 Å². The summed E-state index contributed by atoms with van der Waals surface area (Å²) >= 11 is 6.03. The van der Waals surface area contributed by atoms with Crippen molar-refractivity contribution in [2.24, 2.45) is 0 Å². The molecule has 0 radical (unpaired) electrons. The van der Waals surface area contributed by atoms with Crippen molar-refractivity contribution in [2.75, 3.05) is 26.3 Å². The number of ether oxygens (including phenoxy) is 1. The Balaban J connectivity index is 1.69. The number of carbonyl (C=O) groups excluding carboxylic acids is 1. The summed E-state index contributed by atoms with van der Waals surface area (Å²) in [7, 11) is 0. The molecule has 126 valence electrons. The maximum absolute atomic E-state index is 12.4. The predicted molar refractivity (Wildman–Crippen MR) is 91.8 cm³/mol. The van der Waals surface area contributed by atoms with Gasteiger partial charge < -0.3 is 15.4 Å². The highest BCUT2D eigenvalue weighted by Gasteiger charge is 2.35. The van der Waals surface area contributed by atoms with Gasteiger partial charge in [-0.05, 0) is 30.5 Å². The van der Waals surface area contributed by atoms with Gasteiger partial charge in [-0.25, -0.2) is 0 Å². The number of benzene rings is 1. The Hall–Kier alpha value is -1.10. The minimum absolute atomic E-state index is 0.0357. The van der Waals surface area contributed by atoms with E-state index >= 15 is 0 Å². The Kier molecular flexibility index (Phi) is 5.57. The van der Waals surface area contributed by atoms with Gasteiger partial charge in [0, 0.05) is 23.5 Å². The van der Waals surface area contributed by atoms with E-state index in [0.29, 0.717) is 19.8 Å². The maximum atomic E-state index is 12.4. The monoisotopic (exact) mass is 336 g/mol. The molecule has 1 aliphatic carbocycles. The molecule has 1 atom stereocenters. The summed E-state index contributed by atoms with van der Waals surface area (Å²) < 4.78 is 5.38. The minimum Gasteiger partial charge on any atom is -0.378 e.